The summed E-state index contributed by atoms with van der Waals surface area (Å²) in [6, 6.07) is 45.8. The molecule has 0 unspecified atom stereocenters. The van der Waals surface area contributed by atoms with Crippen LogP contribution in [-0.4, -0.2) is 163 Å². The van der Waals surface area contributed by atoms with Crippen molar-refractivity contribution in [1.29, 1.82) is 5.26 Å². The molecule has 0 fully saturated rings. The molecule has 0 aliphatic carbocycles. The van der Waals surface area contributed by atoms with Gasteiger partial charge in [-0.3, -0.25) is 0 Å². The third-order valence-corrected chi connectivity index (χ3v) is 24.3. The minimum absolute atomic E-state index is 0.000480. The van der Waals surface area contributed by atoms with Crippen LogP contribution >= 0.6 is 45.3 Å². The predicted molar refractivity (Wildman–Crippen MR) is 471 cm³/mol. The quantitative estimate of drug-likeness (QED) is 0.0243. The van der Waals surface area contributed by atoms with E-state index in [0.29, 0.717) is 84.6 Å². The maximum absolute atomic E-state index is 11.8. The van der Waals surface area contributed by atoms with Crippen LogP contribution in [0.25, 0.3) is 61.5 Å². The van der Waals surface area contributed by atoms with Crippen LogP contribution in [0.3, 0.4) is 0 Å². The molecule has 0 saturated heterocycles. The smallest absolute Gasteiger partial charge is 0.407 e. The Hall–Kier alpha value is -13.8. The van der Waals surface area contributed by atoms with Crippen molar-refractivity contribution in [2.75, 3.05) is 78.1 Å². The second kappa shape index (κ2) is 36.9. The lowest BCUT2D eigenvalue weighted by molar-refractivity contribution is 0.0528. The molecule has 16 aromatic rings. The summed E-state index contributed by atoms with van der Waals surface area (Å²) in [5.41, 5.74) is 30.3. The highest BCUT2D eigenvalue weighted by atomic mass is 32.2. The van der Waals surface area contributed by atoms with E-state index in [1.54, 1.807) is 73.8 Å². The van der Waals surface area contributed by atoms with E-state index in [1.165, 1.54) is 125 Å². The first kappa shape index (κ1) is 88.0. The number of pyridine rings is 1. The Balaban J connectivity index is 0.000000143. The molecule has 9 aromatic heterocycles. The van der Waals surface area contributed by atoms with Gasteiger partial charge in [-0.1, -0.05) is 51.4 Å². The Morgan fingerprint density at radius 1 is 0.452 bits per heavy atom. The first-order valence-corrected chi connectivity index (χ1v) is 45.5. The molecule has 0 bridgehead atoms. The summed E-state index contributed by atoms with van der Waals surface area (Å²) in [6.07, 6.45) is 1.10. The molecule has 124 heavy (non-hydrogen) atoms. The summed E-state index contributed by atoms with van der Waals surface area (Å²) in [4.78, 5) is 51.7. The third-order valence-electron chi connectivity index (χ3n) is 16.7. The number of thiazole rings is 4. The fourth-order valence-electron chi connectivity index (χ4n) is 10.9. The predicted octanol–water partition coefficient (Wildman–Crippen LogP) is 7.73. The number of alkyl carbamates (subject to hydrolysis) is 1. The highest BCUT2D eigenvalue weighted by Crippen LogP contribution is 2.34. The number of carbonyl (C=O) groups is 1. The maximum Gasteiger partial charge on any atom is 0.407 e. The monoisotopic (exact) mass is 1830 g/mol. The summed E-state index contributed by atoms with van der Waals surface area (Å²) >= 11 is 5.43. The average molecular weight is 1840 g/mol. The summed E-state index contributed by atoms with van der Waals surface area (Å²) < 4.78 is 115. The molecular weight excluding hydrogens is 1760 g/mol. The number of benzene rings is 7. The number of methoxy groups -OCH3 is 1. The number of nitrogen functional groups attached to an aromatic ring is 4. The summed E-state index contributed by atoms with van der Waals surface area (Å²) in [6.45, 7) is 7.41. The van der Waals surface area contributed by atoms with Crippen molar-refractivity contribution in [2.24, 2.45) is 20.6 Å². The number of sulfonamides is 4. The van der Waals surface area contributed by atoms with Crippen molar-refractivity contribution >= 4 is 203 Å². The van der Waals surface area contributed by atoms with Crippen LogP contribution < -0.4 is 84.9 Å². The van der Waals surface area contributed by atoms with E-state index in [-0.39, 0.29) is 67.2 Å². The molecule has 0 aliphatic heterocycles. The van der Waals surface area contributed by atoms with Crippen LogP contribution in [0.4, 0.5) is 75.1 Å². The number of carbonyl (C=O) groups excluding carboxylic acids is 1. The number of rotatable bonds is 25. The van der Waals surface area contributed by atoms with Crippen LogP contribution in [0.1, 0.15) is 38.3 Å². The summed E-state index contributed by atoms with van der Waals surface area (Å²) in [5.74, 6) is 2.75. The molecule has 9 heterocycles. The molecule has 642 valence electrons. The number of aromatic nitrogens is 17. The van der Waals surface area contributed by atoms with Crippen LogP contribution in [0, 0.1) is 11.3 Å². The van der Waals surface area contributed by atoms with Gasteiger partial charge in [0.1, 0.15) is 21.7 Å². The zero-order chi connectivity index (χ0) is 88.6. The van der Waals surface area contributed by atoms with Crippen LogP contribution in [0.15, 0.2) is 183 Å². The molecule has 22 N–H and O–H groups in total. The van der Waals surface area contributed by atoms with E-state index >= 15 is 0 Å². The van der Waals surface area contributed by atoms with Crippen molar-refractivity contribution < 1.29 is 52.7 Å². The lowest BCUT2D eigenvalue weighted by Gasteiger charge is -2.19. The van der Waals surface area contributed by atoms with Crippen LogP contribution in [0.2, 0.25) is 0 Å². The van der Waals surface area contributed by atoms with Gasteiger partial charge in [-0.2, -0.15) is 43.9 Å². The number of nitriles is 1. The Kier molecular flexibility index (Phi) is 26.1. The largest absolute Gasteiger partial charge is 0.493 e. The van der Waals surface area contributed by atoms with E-state index in [9.17, 15) is 38.5 Å². The lowest BCUT2D eigenvalue weighted by Crippen LogP contribution is -2.33. The molecule has 52 heteroatoms. The minimum atomic E-state index is -3.78. The van der Waals surface area contributed by atoms with Gasteiger partial charge < -0.3 is 69.0 Å². The van der Waals surface area contributed by atoms with Crippen molar-refractivity contribution in [1.82, 2.24) is 94.6 Å². The van der Waals surface area contributed by atoms with Gasteiger partial charge in [0.2, 0.25) is 114 Å². The van der Waals surface area contributed by atoms with Gasteiger partial charge in [0.05, 0.1) is 75.6 Å². The molecule has 1 amide bonds. The zero-order valence-corrected chi connectivity index (χ0v) is 72.0. The van der Waals surface area contributed by atoms with Gasteiger partial charge in [-0.05, 0) is 204 Å². The van der Waals surface area contributed by atoms with Gasteiger partial charge in [0, 0.05) is 35.4 Å². The zero-order valence-electron chi connectivity index (χ0n) is 65.5. The summed E-state index contributed by atoms with van der Waals surface area (Å²) in [5, 5.41) is 66.5. The first-order chi connectivity index (χ1) is 58.9. The Bertz CT molecular complexity index is 7130. The van der Waals surface area contributed by atoms with Gasteiger partial charge in [-0.15, -0.1) is 20.4 Å². The fourth-order valence-corrected chi connectivity index (χ4v) is 16.8. The number of hydrogen-bond donors (Lipinski definition) is 14. The molecule has 16 rings (SSSR count). The first-order valence-electron chi connectivity index (χ1n) is 36.1. The topological polar surface area (TPSA) is 673 Å². The average Bonchev–Trinajstić information content (AvgIpc) is 1.66. The highest BCUT2D eigenvalue weighted by Gasteiger charge is 2.23. The molecule has 0 radical (unpaired) electrons. The summed E-state index contributed by atoms with van der Waals surface area (Å²) in [7, 11) is -11.6. The van der Waals surface area contributed by atoms with Gasteiger partial charge in [-0.25, -0.2) is 83.9 Å². The second-order valence-electron chi connectivity index (χ2n) is 27.0. The molecule has 0 atom stereocenters. The molecular formula is C72H74N32O12S8. The van der Waals surface area contributed by atoms with E-state index in [4.69, 9.17) is 63.0 Å². The van der Waals surface area contributed by atoms with Crippen molar-refractivity contribution in [2.45, 2.75) is 58.8 Å². The number of nitrogens with zero attached hydrogens (tertiary/aromatic N) is 18. The van der Waals surface area contributed by atoms with E-state index < -0.39 is 51.8 Å². The van der Waals surface area contributed by atoms with Gasteiger partial charge in [0.15, 0.2) is 0 Å². The van der Waals surface area contributed by atoms with Crippen molar-refractivity contribution in [3.63, 3.8) is 0 Å². The van der Waals surface area contributed by atoms with Crippen LogP contribution in [0.5, 0.6) is 11.6 Å². The van der Waals surface area contributed by atoms with Gasteiger partial charge >= 0.3 is 6.09 Å². The normalized spacial score (nSPS) is 11.7. The second-order valence-corrected chi connectivity index (χ2v) is 37.2. The molecule has 0 aliphatic rings. The number of ether oxygens (including phenoxy) is 3. The van der Waals surface area contributed by atoms with E-state index in [2.05, 4.69) is 103 Å². The third kappa shape index (κ3) is 22.5. The van der Waals surface area contributed by atoms with Crippen molar-refractivity contribution in [3.05, 3.63) is 175 Å². The Labute approximate surface area is 720 Å². The number of fused-ring (bicyclic) bond motifs is 4. The molecule has 0 spiro atoms. The number of nitrogens with one attached hydrogen (secondary N) is 6. The maximum atomic E-state index is 11.8. The number of primary sulfonamides is 4. The van der Waals surface area contributed by atoms with Crippen LogP contribution in [-0.2, 0) is 51.3 Å². The SMILES string of the molecule is CC(C)(C)OC(=O)NCCc1ccc2nc(-n3nc(Nc4ccc(S(N)(=O)=O)cc4)nc3N)sc2c1.CNCCCOc1ccc2nc(-n3nc(Nc4ccc(S(N)(=O)=O)cc4)nc3N)sc2c1.COc1ccc2nc(-n3nc(Nc4ccc(S(N)(=O)=O)cc4)nc3N)sc2n1.N#Cc1ccc2nc(-n3nc(Nc4ccc(S(N)(=O)=O)cc4)nc3N)sc2c1. The fraction of sp³-hybridized carbons (Fsp3) is 0.153. The molecule has 7 aromatic carbocycles. The van der Waals surface area contributed by atoms with Crippen molar-refractivity contribution in [3.8, 4) is 38.2 Å². The number of hydrogen-bond acceptors (Lipinski definition) is 39. The molecule has 44 nitrogen and oxygen atoms in total. The number of anilines is 12. The van der Waals surface area contributed by atoms with E-state index in [1.807, 2.05) is 64.2 Å². The van der Waals surface area contributed by atoms with Gasteiger partial charge in [0.25, 0.3) is 0 Å². The highest BCUT2D eigenvalue weighted by molar-refractivity contribution is 7.90. The van der Waals surface area contributed by atoms with E-state index in [0.717, 1.165) is 54.9 Å². The Morgan fingerprint density at radius 2 is 0.815 bits per heavy atom. The Morgan fingerprint density at radius 3 is 1.19 bits per heavy atom. The lowest BCUT2D eigenvalue weighted by atomic mass is 10.1. The number of nitrogens with two attached hydrogens (primary N) is 8. The minimum Gasteiger partial charge on any atom is -0.493 e. The molecule has 0 saturated carbocycles. The number of amides is 1. The standard InChI is InChI=1S/C22H26N8O4S2.C19H22N8O3S2.C16H12N8O2S2.C15H14N8O3S2/c1-22(2,3)34-21(31)25-11-10-13-4-9-16-17(12-13)35-20(27-16)30-18(23)28-19(29-30)26-14-5-7-15(8-6-14)36(24,32)33;1-22-9-2-10-30-13-5-8-15-16(11-13)31-19(24-15)27-17(20)25-18(26-27)23-12-3-6-14(7-4-12)32(21,28)29;17-8-9-1-6-12-13(7-9)27-16(21-12)24-14(18)22-15(23-24)20-10-2-4-11(5-3-10)28(19,25)26;1-26-11-7-6-10-12(20-11)27-15(19-10)23-13(16)21-14(22-23)18-8-2-4-9(5-3-8)28(17,24)25/h4-9,12H,10-11H2,1-3H3,(H,25,31)(H2,24,32,33)(H3,23,26,28,29);3-8,11,22H,2,9-10H2,1H3,(H2,21,28,29)(H3,20,23,25,26);1-7H,(H2,19,25,26)(H3,18,20,22,23);2-7H,1H3,(H2,17,24,25)(H3,16,18,21,22).